The van der Waals surface area contributed by atoms with E-state index in [4.69, 9.17) is 23.2 Å². The topological polar surface area (TPSA) is 20.3 Å². The molecular formula is C12H13Cl2NO. The molecule has 1 heterocycles. The first-order chi connectivity index (χ1) is 7.43. The van der Waals surface area contributed by atoms with Gasteiger partial charge in [-0.05, 0) is 32.0 Å². The minimum absolute atomic E-state index is 0.249. The first-order valence-electron chi connectivity index (χ1n) is 5.19. The Morgan fingerprint density at radius 2 is 2.00 bits per heavy atom. The van der Waals surface area contributed by atoms with Gasteiger partial charge in [0.15, 0.2) is 5.78 Å². The van der Waals surface area contributed by atoms with Crippen LogP contribution in [0.1, 0.15) is 20.3 Å². The van der Waals surface area contributed by atoms with Crippen molar-refractivity contribution in [2.75, 3.05) is 11.4 Å². The Balaban J connectivity index is 2.42. The highest BCUT2D eigenvalue weighted by atomic mass is 35.5. The molecule has 0 unspecified atom stereocenters. The maximum Gasteiger partial charge on any atom is 0.159 e. The average molecular weight is 258 g/mol. The molecule has 0 aromatic heterocycles. The Morgan fingerprint density at radius 1 is 1.31 bits per heavy atom. The summed E-state index contributed by atoms with van der Waals surface area (Å²) >= 11 is 12.0. The number of rotatable bonds is 1. The maximum absolute atomic E-state index is 11.7. The highest BCUT2D eigenvalue weighted by Gasteiger charge is 2.40. The van der Waals surface area contributed by atoms with Gasteiger partial charge in [0, 0.05) is 18.0 Å². The van der Waals surface area contributed by atoms with E-state index in [0.29, 0.717) is 23.0 Å². The fraction of sp³-hybridized carbons (Fsp3) is 0.417. The van der Waals surface area contributed by atoms with Crippen molar-refractivity contribution >= 4 is 34.7 Å². The highest BCUT2D eigenvalue weighted by molar-refractivity contribution is 6.36. The van der Waals surface area contributed by atoms with Gasteiger partial charge >= 0.3 is 0 Å². The van der Waals surface area contributed by atoms with Crippen LogP contribution in [0.5, 0.6) is 0 Å². The lowest BCUT2D eigenvalue weighted by Gasteiger charge is -2.32. The molecule has 1 aliphatic rings. The minimum Gasteiger partial charge on any atom is -0.358 e. The second-order valence-electron chi connectivity index (χ2n) is 4.48. The van der Waals surface area contributed by atoms with Crippen LogP contribution in [0.25, 0.3) is 0 Å². The van der Waals surface area contributed by atoms with Crippen molar-refractivity contribution in [3.8, 4) is 0 Å². The molecular weight excluding hydrogens is 245 g/mol. The van der Waals surface area contributed by atoms with E-state index in [1.807, 2.05) is 24.8 Å². The molecule has 1 aromatic carbocycles. The number of ketones is 1. The van der Waals surface area contributed by atoms with E-state index in [2.05, 4.69) is 0 Å². The van der Waals surface area contributed by atoms with Crippen LogP contribution in [0.2, 0.25) is 10.0 Å². The molecule has 0 spiro atoms. The molecule has 2 rings (SSSR count). The van der Waals surface area contributed by atoms with Crippen LogP contribution < -0.4 is 4.90 Å². The summed E-state index contributed by atoms with van der Waals surface area (Å²) in [6.07, 6.45) is 0.575. The van der Waals surface area contributed by atoms with Gasteiger partial charge in [-0.25, -0.2) is 0 Å². The standard InChI is InChI=1S/C12H13Cl2NO/c1-12(2)11(16)5-6-15(12)10-4-3-8(13)7-9(10)14/h3-4,7H,5-6H2,1-2H3. The van der Waals surface area contributed by atoms with Crippen LogP contribution in [0.4, 0.5) is 5.69 Å². The van der Waals surface area contributed by atoms with E-state index >= 15 is 0 Å². The molecule has 1 aromatic rings. The lowest BCUT2D eigenvalue weighted by Crippen LogP contribution is -2.43. The number of carbonyl (C=O) groups excluding carboxylic acids is 1. The Labute approximate surface area is 105 Å². The van der Waals surface area contributed by atoms with Crippen LogP contribution in [-0.2, 0) is 4.79 Å². The average Bonchev–Trinajstić information content (AvgIpc) is 2.44. The van der Waals surface area contributed by atoms with Gasteiger partial charge in [-0.2, -0.15) is 0 Å². The zero-order valence-corrected chi connectivity index (χ0v) is 10.8. The molecule has 0 N–H and O–H groups in total. The van der Waals surface area contributed by atoms with Crippen molar-refractivity contribution in [3.05, 3.63) is 28.2 Å². The smallest absolute Gasteiger partial charge is 0.159 e. The molecule has 0 saturated carbocycles. The van der Waals surface area contributed by atoms with E-state index in [-0.39, 0.29) is 5.78 Å². The Kier molecular flexibility index (Phi) is 2.89. The van der Waals surface area contributed by atoms with Crippen molar-refractivity contribution < 1.29 is 4.79 Å². The summed E-state index contributed by atoms with van der Waals surface area (Å²) in [5.74, 6) is 0.249. The number of nitrogens with zero attached hydrogens (tertiary/aromatic N) is 1. The molecule has 86 valence electrons. The fourth-order valence-corrected chi connectivity index (χ4v) is 2.58. The third kappa shape index (κ3) is 1.80. The summed E-state index contributed by atoms with van der Waals surface area (Å²) in [5, 5.41) is 1.20. The van der Waals surface area contributed by atoms with Gasteiger partial charge in [-0.1, -0.05) is 23.2 Å². The summed E-state index contributed by atoms with van der Waals surface area (Å²) in [6.45, 7) is 4.56. The minimum atomic E-state index is -0.475. The van der Waals surface area contributed by atoms with Gasteiger partial charge in [0.2, 0.25) is 0 Å². The van der Waals surface area contributed by atoms with E-state index in [0.717, 1.165) is 5.69 Å². The third-order valence-electron chi connectivity index (χ3n) is 3.12. The van der Waals surface area contributed by atoms with Gasteiger partial charge in [0.05, 0.1) is 16.2 Å². The fourth-order valence-electron chi connectivity index (χ4n) is 2.07. The summed E-state index contributed by atoms with van der Waals surface area (Å²) in [5.41, 5.74) is 0.402. The second-order valence-corrected chi connectivity index (χ2v) is 5.32. The molecule has 0 amide bonds. The quantitative estimate of drug-likeness (QED) is 0.767. The molecule has 1 fully saturated rings. The number of benzene rings is 1. The first-order valence-corrected chi connectivity index (χ1v) is 5.94. The number of anilines is 1. The summed E-state index contributed by atoms with van der Waals surface area (Å²) < 4.78 is 0. The third-order valence-corrected chi connectivity index (χ3v) is 3.66. The number of carbonyl (C=O) groups is 1. The van der Waals surface area contributed by atoms with Crippen molar-refractivity contribution in [2.24, 2.45) is 0 Å². The van der Waals surface area contributed by atoms with E-state index in [1.54, 1.807) is 12.1 Å². The highest BCUT2D eigenvalue weighted by Crippen LogP contribution is 2.36. The second kappa shape index (κ2) is 3.94. The molecule has 0 aliphatic carbocycles. The zero-order valence-electron chi connectivity index (χ0n) is 9.26. The number of Topliss-reactive ketones (excluding diaryl/α,β-unsaturated/α-hetero) is 1. The molecule has 1 saturated heterocycles. The first kappa shape index (κ1) is 11.7. The number of hydrogen-bond donors (Lipinski definition) is 0. The van der Waals surface area contributed by atoms with Crippen LogP contribution in [0.15, 0.2) is 18.2 Å². The van der Waals surface area contributed by atoms with Crippen molar-refractivity contribution in [1.29, 1.82) is 0 Å². The zero-order chi connectivity index (χ0) is 11.9. The predicted molar refractivity (Wildman–Crippen MR) is 67.5 cm³/mol. The van der Waals surface area contributed by atoms with Gasteiger partial charge in [-0.3, -0.25) is 4.79 Å². The van der Waals surface area contributed by atoms with Crippen molar-refractivity contribution in [3.63, 3.8) is 0 Å². The van der Waals surface area contributed by atoms with Crippen molar-refractivity contribution in [2.45, 2.75) is 25.8 Å². The van der Waals surface area contributed by atoms with Gasteiger partial charge < -0.3 is 4.90 Å². The molecule has 2 nitrogen and oxygen atoms in total. The molecule has 0 radical (unpaired) electrons. The number of halogens is 2. The Bertz CT molecular complexity index is 443. The molecule has 0 bridgehead atoms. The van der Waals surface area contributed by atoms with Gasteiger partial charge in [0.25, 0.3) is 0 Å². The van der Waals surface area contributed by atoms with Gasteiger partial charge in [0.1, 0.15) is 0 Å². The Morgan fingerprint density at radius 3 is 2.50 bits per heavy atom. The lowest BCUT2D eigenvalue weighted by atomic mass is 10.00. The monoisotopic (exact) mass is 257 g/mol. The number of hydrogen-bond acceptors (Lipinski definition) is 2. The summed E-state index contributed by atoms with van der Waals surface area (Å²) in [4.78, 5) is 13.8. The van der Waals surface area contributed by atoms with E-state index in [1.165, 1.54) is 0 Å². The molecule has 1 aliphatic heterocycles. The van der Waals surface area contributed by atoms with Crippen LogP contribution in [-0.4, -0.2) is 17.9 Å². The van der Waals surface area contributed by atoms with Crippen LogP contribution >= 0.6 is 23.2 Å². The summed E-state index contributed by atoms with van der Waals surface area (Å²) in [7, 11) is 0. The van der Waals surface area contributed by atoms with E-state index in [9.17, 15) is 4.79 Å². The van der Waals surface area contributed by atoms with E-state index < -0.39 is 5.54 Å². The van der Waals surface area contributed by atoms with Gasteiger partial charge in [-0.15, -0.1) is 0 Å². The summed E-state index contributed by atoms with van der Waals surface area (Å²) in [6, 6.07) is 5.37. The predicted octanol–water partition coefficient (Wildman–Crippen LogP) is 3.55. The van der Waals surface area contributed by atoms with Crippen LogP contribution in [0, 0.1) is 0 Å². The Hall–Kier alpha value is -0.730. The van der Waals surface area contributed by atoms with Crippen LogP contribution in [0.3, 0.4) is 0 Å². The lowest BCUT2D eigenvalue weighted by molar-refractivity contribution is -0.120. The maximum atomic E-state index is 11.7. The largest absolute Gasteiger partial charge is 0.358 e. The molecule has 16 heavy (non-hydrogen) atoms. The SMILES string of the molecule is CC1(C)C(=O)CCN1c1ccc(Cl)cc1Cl. The normalized spacial score (nSPS) is 19.2. The van der Waals surface area contributed by atoms with Crippen molar-refractivity contribution in [1.82, 2.24) is 0 Å². The molecule has 0 atom stereocenters. The molecule has 4 heteroatoms.